The van der Waals surface area contributed by atoms with Crippen LogP contribution in [0.15, 0.2) is 24.3 Å². The molecule has 0 radical (unpaired) electrons. The summed E-state index contributed by atoms with van der Waals surface area (Å²) in [5, 5.41) is 17.4. The Morgan fingerprint density at radius 1 is 1.30 bits per heavy atom. The topological polar surface area (TPSA) is 94.0 Å². The van der Waals surface area contributed by atoms with Gasteiger partial charge in [-0.2, -0.15) is 4.68 Å². The highest BCUT2D eigenvalue weighted by Crippen LogP contribution is 2.14. The third-order valence-electron chi connectivity index (χ3n) is 2.84. The number of tetrazole rings is 1. The lowest BCUT2D eigenvalue weighted by atomic mass is 10.2. The van der Waals surface area contributed by atoms with Gasteiger partial charge < -0.3 is 15.4 Å². The van der Waals surface area contributed by atoms with Gasteiger partial charge in [-0.3, -0.25) is 0 Å². The summed E-state index contributed by atoms with van der Waals surface area (Å²) in [5.74, 6) is 0.716. The van der Waals surface area contributed by atoms with Crippen LogP contribution in [0, 0.1) is 6.92 Å². The van der Waals surface area contributed by atoms with Gasteiger partial charge in [0.15, 0.2) is 5.82 Å². The Bertz CT molecular complexity index is 662. The Morgan fingerprint density at radius 3 is 2.74 bits per heavy atom. The maximum absolute atomic E-state index is 11.5. The molecule has 2 rings (SSSR count). The Balaban J connectivity index is 1.83. The predicted molar refractivity (Wildman–Crippen MR) is 86.6 cm³/mol. The fourth-order valence-electron chi connectivity index (χ4n) is 1.90. The highest BCUT2D eigenvalue weighted by molar-refractivity contribution is 5.67. The SMILES string of the molecule is Cc1nnnn1-c1cccc(NCCNC(=O)OC(C)(C)C)c1. The zero-order valence-corrected chi connectivity index (χ0v) is 13.8. The molecule has 0 saturated carbocycles. The van der Waals surface area contributed by atoms with Crippen molar-refractivity contribution >= 4 is 11.8 Å². The zero-order chi connectivity index (χ0) is 16.9. The van der Waals surface area contributed by atoms with Crippen molar-refractivity contribution in [3.8, 4) is 5.69 Å². The van der Waals surface area contributed by atoms with E-state index in [2.05, 4.69) is 26.2 Å². The van der Waals surface area contributed by atoms with E-state index < -0.39 is 11.7 Å². The summed E-state index contributed by atoms with van der Waals surface area (Å²) in [6, 6.07) is 7.72. The molecule has 2 N–H and O–H groups in total. The normalized spacial score (nSPS) is 11.1. The summed E-state index contributed by atoms with van der Waals surface area (Å²) in [4.78, 5) is 11.5. The lowest BCUT2D eigenvalue weighted by Gasteiger charge is -2.19. The van der Waals surface area contributed by atoms with Crippen LogP contribution in [0.5, 0.6) is 0 Å². The molecule has 0 unspecified atom stereocenters. The summed E-state index contributed by atoms with van der Waals surface area (Å²) < 4.78 is 6.82. The summed E-state index contributed by atoms with van der Waals surface area (Å²) in [5.41, 5.74) is 1.30. The van der Waals surface area contributed by atoms with Crippen LogP contribution in [0.4, 0.5) is 10.5 Å². The number of aromatic nitrogens is 4. The second-order valence-electron chi connectivity index (χ2n) is 6.04. The van der Waals surface area contributed by atoms with Gasteiger partial charge in [0.1, 0.15) is 5.60 Å². The second kappa shape index (κ2) is 7.08. The largest absolute Gasteiger partial charge is 0.444 e. The van der Waals surface area contributed by atoms with Gasteiger partial charge in [0.05, 0.1) is 5.69 Å². The quantitative estimate of drug-likeness (QED) is 0.818. The van der Waals surface area contributed by atoms with Crippen LogP contribution >= 0.6 is 0 Å². The molecule has 1 amide bonds. The Hall–Kier alpha value is -2.64. The average molecular weight is 318 g/mol. The highest BCUT2D eigenvalue weighted by Gasteiger charge is 2.15. The number of nitrogens with one attached hydrogen (secondary N) is 2. The third kappa shape index (κ3) is 5.24. The lowest BCUT2D eigenvalue weighted by molar-refractivity contribution is 0.0530. The molecule has 1 aromatic carbocycles. The molecule has 124 valence electrons. The summed E-state index contributed by atoms with van der Waals surface area (Å²) in [7, 11) is 0. The van der Waals surface area contributed by atoms with E-state index in [0.717, 1.165) is 11.4 Å². The maximum Gasteiger partial charge on any atom is 0.407 e. The van der Waals surface area contributed by atoms with Crippen molar-refractivity contribution in [1.82, 2.24) is 25.5 Å². The van der Waals surface area contributed by atoms with Crippen LogP contribution < -0.4 is 10.6 Å². The van der Waals surface area contributed by atoms with E-state index in [1.807, 2.05) is 52.0 Å². The summed E-state index contributed by atoms with van der Waals surface area (Å²) >= 11 is 0. The number of nitrogens with zero attached hydrogens (tertiary/aromatic N) is 4. The molecule has 8 nitrogen and oxygen atoms in total. The van der Waals surface area contributed by atoms with Crippen LogP contribution in [0.1, 0.15) is 26.6 Å². The van der Waals surface area contributed by atoms with E-state index in [0.29, 0.717) is 18.9 Å². The van der Waals surface area contributed by atoms with Gasteiger partial charge in [0, 0.05) is 18.8 Å². The van der Waals surface area contributed by atoms with E-state index in [4.69, 9.17) is 4.74 Å². The minimum atomic E-state index is -0.491. The Kier molecular flexibility index (Phi) is 5.15. The number of alkyl carbamates (subject to hydrolysis) is 1. The molecule has 0 bridgehead atoms. The molecule has 8 heteroatoms. The molecule has 0 aliphatic heterocycles. The van der Waals surface area contributed by atoms with Crippen molar-refractivity contribution < 1.29 is 9.53 Å². The number of benzene rings is 1. The number of hydrogen-bond acceptors (Lipinski definition) is 6. The van der Waals surface area contributed by atoms with Crippen molar-refractivity contribution in [3.63, 3.8) is 0 Å². The first-order valence-electron chi connectivity index (χ1n) is 7.41. The second-order valence-corrected chi connectivity index (χ2v) is 6.04. The van der Waals surface area contributed by atoms with E-state index in [-0.39, 0.29) is 0 Å². The van der Waals surface area contributed by atoms with Gasteiger partial charge >= 0.3 is 6.09 Å². The van der Waals surface area contributed by atoms with Crippen LogP contribution in [-0.4, -0.2) is 45.0 Å². The third-order valence-corrected chi connectivity index (χ3v) is 2.84. The molecule has 2 aromatic rings. The van der Waals surface area contributed by atoms with Gasteiger partial charge in [-0.05, 0) is 56.3 Å². The molecule has 0 aliphatic carbocycles. The van der Waals surface area contributed by atoms with Crippen molar-refractivity contribution in [2.45, 2.75) is 33.3 Å². The monoisotopic (exact) mass is 318 g/mol. The molecule has 0 saturated heterocycles. The van der Waals surface area contributed by atoms with Gasteiger partial charge in [-0.1, -0.05) is 6.07 Å². The fourth-order valence-corrected chi connectivity index (χ4v) is 1.90. The van der Waals surface area contributed by atoms with E-state index in [1.54, 1.807) is 4.68 Å². The molecular weight excluding hydrogens is 296 g/mol. The Labute approximate surface area is 135 Å². The molecule has 0 spiro atoms. The minimum absolute atomic E-state index is 0.419. The van der Waals surface area contributed by atoms with Crippen molar-refractivity contribution in [2.75, 3.05) is 18.4 Å². The first kappa shape index (κ1) is 16.7. The molecule has 23 heavy (non-hydrogen) atoms. The number of hydrogen-bond donors (Lipinski definition) is 2. The molecule has 0 atom stereocenters. The number of aryl methyl sites for hydroxylation is 1. The van der Waals surface area contributed by atoms with E-state index >= 15 is 0 Å². The summed E-state index contributed by atoms with van der Waals surface area (Å²) in [6.07, 6.45) is -0.419. The predicted octanol–water partition coefficient (Wildman–Crippen LogP) is 1.91. The van der Waals surface area contributed by atoms with Crippen LogP contribution in [-0.2, 0) is 4.74 Å². The number of anilines is 1. The molecule has 0 aliphatic rings. The fraction of sp³-hybridized carbons (Fsp3) is 0.467. The Morgan fingerprint density at radius 2 is 2.09 bits per heavy atom. The van der Waals surface area contributed by atoms with Crippen molar-refractivity contribution in [3.05, 3.63) is 30.1 Å². The first-order valence-corrected chi connectivity index (χ1v) is 7.41. The van der Waals surface area contributed by atoms with Gasteiger partial charge in [-0.25, -0.2) is 4.79 Å². The number of ether oxygens (including phenoxy) is 1. The van der Waals surface area contributed by atoms with Crippen LogP contribution in [0.25, 0.3) is 5.69 Å². The zero-order valence-electron chi connectivity index (χ0n) is 13.8. The summed E-state index contributed by atoms with van der Waals surface area (Å²) in [6.45, 7) is 8.37. The number of carbonyl (C=O) groups excluding carboxylic acids is 1. The molecule has 1 aromatic heterocycles. The standard InChI is InChI=1S/C15H22N6O2/c1-11-18-19-20-21(11)13-7-5-6-12(10-13)16-8-9-17-14(22)23-15(2,3)4/h5-7,10,16H,8-9H2,1-4H3,(H,17,22). The van der Waals surface area contributed by atoms with Crippen molar-refractivity contribution in [1.29, 1.82) is 0 Å². The maximum atomic E-state index is 11.5. The molecule has 1 heterocycles. The molecule has 0 fully saturated rings. The van der Waals surface area contributed by atoms with E-state index in [9.17, 15) is 4.79 Å². The van der Waals surface area contributed by atoms with Gasteiger partial charge in [0.25, 0.3) is 0 Å². The molecular formula is C15H22N6O2. The minimum Gasteiger partial charge on any atom is -0.444 e. The van der Waals surface area contributed by atoms with Crippen LogP contribution in [0.2, 0.25) is 0 Å². The lowest BCUT2D eigenvalue weighted by Crippen LogP contribution is -2.35. The van der Waals surface area contributed by atoms with E-state index in [1.165, 1.54) is 0 Å². The van der Waals surface area contributed by atoms with Gasteiger partial charge in [0.2, 0.25) is 0 Å². The highest BCUT2D eigenvalue weighted by atomic mass is 16.6. The number of carbonyl (C=O) groups is 1. The average Bonchev–Trinajstić information content (AvgIpc) is 2.88. The van der Waals surface area contributed by atoms with Gasteiger partial charge in [-0.15, -0.1) is 5.10 Å². The number of amides is 1. The smallest absolute Gasteiger partial charge is 0.407 e. The van der Waals surface area contributed by atoms with Crippen LogP contribution in [0.3, 0.4) is 0 Å². The number of rotatable bonds is 5. The first-order chi connectivity index (χ1) is 10.8. The van der Waals surface area contributed by atoms with Crippen molar-refractivity contribution in [2.24, 2.45) is 0 Å².